The number of benzene rings is 8. The van der Waals surface area contributed by atoms with E-state index in [1.807, 2.05) is 0 Å². The normalized spacial score (nSPS) is 16.8. The summed E-state index contributed by atoms with van der Waals surface area (Å²) in [6, 6.07) is 72.3. The lowest BCUT2D eigenvalue weighted by Crippen LogP contribution is -2.14. The molecule has 0 fully saturated rings. The molecule has 3 aliphatic carbocycles. The van der Waals surface area contributed by atoms with Gasteiger partial charge in [0.25, 0.3) is 0 Å². The molecule has 0 bridgehead atoms. The van der Waals surface area contributed by atoms with Crippen molar-refractivity contribution in [2.45, 2.75) is 110 Å². The Morgan fingerprint density at radius 3 is 2.11 bits per heavy atom. The third kappa shape index (κ3) is 10.6. The fourth-order valence-electron chi connectivity index (χ4n) is 13.9. The number of hydrogen-bond donors (Lipinski definition) is 0. The van der Waals surface area contributed by atoms with Gasteiger partial charge in [-0.2, -0.15) is 0 Å². The maximum Gasteiger partial charge on any atom is 0.0537 e. The zero-order valence-corrected chi connectivity index (χ0v) is 48.8. The van der Waals surface area contributed by atoms with Gasteiger partial charge in [-0.05, 0) is 171 Å². The molecule has 5 atom stereocenters. The number of nitrogens with zero attached hydrogens (tertiary/aromatic N) is 2. The van der Waals surface area contributed by atoms with Crippen molar-refractivity contribution in [2.75, 3.05) is 0 Å². The van der Waals surface area contributed by atoms with E-state index in [9.17, 15) is 0 Å². The van der Waals surface area contributed by atoms with Gasteiger partial charge in [-0.15, -0.1) is 0 Å². The van der Waals surface area contributed by atoms with Crippen molar-refractivity contribution >= 4 is 28.3 Å². The fraction of sp³-hybridized carbons (Fsp3) is 0.237. The van der Waals surface area contributed by atoms with Crippen LogP contribution in [0.4, 0.5) is 0 Å². The molecular formula is C80H78N2. The second kappa shape index (κ2) is 24.4. The van der Waals surface area contributed by atoms with Gasteiger partial charge < -0.3 is 4.57 Å². The first-order chi connectivity index (χ1) is 40.3. The quantitative estimate of drug-likeness (QED) is 0.0718. The minimum atomic E-state index is 0.0926. The van der Waals surface area contributed by atoms with Crippen LogP contribution in [-0.2, 0) is 12.8 Å². The molecule has 0 saturated carbocycles. The van der Waals surface area contributed by atoms with Crippen LogP contribution in [0.25, 0.3) is 61.6 Å². The Kier molecular flexibility index (Phi) is 16.2. The Labute approximate surface area is 488 Å². The highest BCUT2D eigenvalue weighted by atomic mass is 15.0. The SMILES string of the molecule is C=C(c1ccc(-c2ccccc2)cc1)C(/C=C(\N=C(CCCC)C1=CCC(c2ccccc2)C=C1)C(CC)Cc1ccccc1-c1c(C)c(-n2c3c(c4ccccc42)CCC=C3)cc2c1-c1ccccc1C2C(C)c1ccccc1)CC. The van der Waals surface area contributed by atoms with Crippen LogP contribution in [0.15, 0.2) is 247 Å². The number of hydrogen-bond acceptors (Lipinski definition) is 1. The number of allylic oxidation sites excluding steroid dienone is 8. The summed E-state index contributed by atoms with van der Waals surface area (Å²) in [6.07, 6.45) is 23.4. The van der Waals surface area contributed by atoms with Crippen molar-refractivity contribution in [3.05, 3.63) is 293 Å². The summed E-state index contributed by atoms with van der Waals surface area (Å²) in [5.41, 5.74) is 27.3. The lowest BCUT2D eigenvalue weighted by atomic mass is 9.79. The highest BCUT2D eigenvalue weighted by molar-refractivity contribution is 6.03. The number of aromatic nitrogens is 1. The predicted octanol–water partition coefficient (Wildman–Crippen LogP) is 21.6. The first-order valence-corrected chi connectivity index (χ1v) is 30.6. The Balaban J connectivity index is 1.02. The molecule has 2 nitrogen and oxygen atoms in total. The van der Waals surface area contributed by atoms with Crippen LogP contribution in [0, 0.1) is 18.8 Å². The molecule has 5 unspecified atom stereocenters. The van der Waals surface area contributed by atoms with Crippen molar-refractivity contribution in [1.82, 2.24) is 4.57 Å². The largest absolute Gasteiger partial charge is 0.309 e. The van der Waals surface area contributed by atoms with Crippen molar-refractivity contribution in [3.63, 3.8) is 0 Å². The van der Waals surface area contributed by atoms with Gasteiger partial charge in [0, 0.05) is 46.2 Å². The minimum Gasteiger partial charge on any atom is -0.309 e. The third-order valence-electron chi connectivity index (χ3n) is 18.4. The average molecular weight is 1070 g/mol. The summed E-state index contributed by atoms with van der Waals surface area (Å²) in [7, 11) is 0. The molecule has 0 radical (unpaired) electrons. The van der Waals surface area contributed by atoms with E-state index in [1.54, 1.807) is 0 Å². The summed E-state index contributed by atoms with van der Waals surface area (Å²) in [5, 5.41) is 1.36. The molecule has 0 N–H and O–H groups in total. The van der Waals surface area contributed by atoms with E-state index in [2.05, 4.69) is 270 Å². The Morgan fingerprint density at radius 1 is 0.695 bits per heavy atom. The maximum absolute atomic E-state index is 6.01. The highest BCUT2D eigenvalue weighted by Crippen LogP contribution is 2.56. The third-order valence-corrected chi connectivity index (χ3v) is 18.4. The lowest BCUT2D eigenvalue weighted by molar-refractivity contribution is 0.574. The van der Waals surface area contributed by atoms with Gasteiger partial charge in [-0.25, -0.2) is 0 Å². The zero-order chi connectivity index (χ0) is 56.1. The summed E-state index contributed by atoms with van der Waals surface area (Å²) in [6.45, 7) is 16.7. The minimum absolute atomic E-state index is 0.0926. The Morgan fingerprint density at radius 2 is 1.38 bits per heavy atom. The Hall–Kier alpha value is -8.33. The second-order valence-electron chi connectivity index (χ2n) is 23.3. The maximum atomic E-state index is 6.01. The fourth-order valence-corrected chi connectivity index (χ4v) is 13.9. The van der Waals surface area contributed by atoms with Crippen molar-refractivity contribution < 1.29 is 0 Å². The zero-order valence-electron chi connectivity index (χ0n) is 48.8. The van der Waals surface area contributed by atoms with Crippen molar-refractivity contribution in [1.29, 1.82) is 0 Å². The molecule has 2 heteroatoms. The first kappa shape index (κ1) is 54.3. The number of aliphatic imine (C=N–C) groups is 1. The van der Waals surface area contributed by atoms with E-state index in [4.69, 9.17) is 11.6 Å². The molecule has 0 saturated heterocycles. The van der Waals surface area contributed by atoms with Crippen LogP contribution in [-0.4, -0.2) is 10.3 Å². The second-order valence-corrected chi connectivity index (χ2v) is 23.3. The molecule has 12 rings (SSSR count). The molecule has 8 aromatic carbocycles. The van der Waals surface area contributed by atoms with Gasteiger partial charge in [0.2, 0.25) is 0 Å². The summed E-state index contributed by atoms with van der Waals surface area (Å²) in [4.78, 5) is 6.01. The number of rotatable bonds is 19. The number of unbranched alkanes of at least 4 members (excludes halogenated alkanes) is 1. The van der Waals surface area contributed by atoms with Crippen LogP contribution in [0.2, 0.25) is 0 Å². The van der Waals surface area contributed by atoms with E-state index in [1.165, 1.54) is 117 Å². The Bertz CT molecular complexity index is 3920. The number of fused-ring (bicyclic) bond motifs is 6. The molecule has 9 aromatic rings. The summed E-state index contributed by atoms with van der Waals surface area (Å²) >= 11 is 0. The molecular weight excluding hydrogens is 989 g/mol. The number of para-hydroxylation sites is 1. The molecule has 1 aromatic heterocycles. The van der Waals surface area contributed by atoms with E-state index in [-0.39, 0.29) is 23.7 Å². The van der Waals surface area contributed by atoms with Gasteiger partial charge in [-0.3, -0.25) is 4.99 Å². The standard InChI is InChI=1S/C80H78N2/c1-7-10-40-73(65-49-47-64(48-50-65)62-32-18-13-19-33-62)81-74(52-57(8-2)54(4)60-43-45-63(46-44-60)61-30-16-12-17-31-61)58(9-3)51-66-34-20-21-35-67(66)79-56(6)77(82-75-41-26-24-36-68(75)69-37-25-27-42-76(69)82)53-72-78(55(5)59-28-14-11-15-29-59)70-38-22-23-39-71(70)80(72)79/h11-24,26-36,38-39,41-47,49-50,52-53,55,57-58,64,78H,4,7-10,25,37,40,48,51H2,1-3,5-6H3/b74-52-,81-73?. The van der Waals surface area contributed by atoms with E-state index < -0.39 is 0 Å². The topological polar surface area (TPSA) is 17.3 Å². The smallest absolute Gasteiger partial charge is 0.0537 e. The molecule has 82 heavy (non-hydrogen) atoms. The molecule has 0 aliphatic heterocycles. The molecule has 0 spiro atoms. The molecule has 3 aliphatic rings. The van der Waals surface area contributed by atoms with E-state index >= 15 is 0 Å². The van der Waals surface area contributed by atoms with Gasteiger partial charge in [0.1, 0.15) is 0 Å². The van der Waals surface area contributed by atoms with Crippen LogP contribution in [0.1, 0.15) is 141 Å². The van der Waals surface area contributed by atoms with Crippen LogP contribution < -0.4 is 0 Å². The number of aryl methyl sites for hydroxylation is 1. The predicted molar refractivity (Wildman–Crippen MR) is 351 cm³/mol. The van der Waals surface area contributed by atoms with Crippen LogP contribution in [0.5, 0.6) is 0 Å². The molecule has 1 heterocycles. The van der Waals surface area contributed by atoms with E-state index in [0.717, 1.165) is 63.4 Å². The van der Waals surface area contributed by atoms with Gasteiger partial charge in [-0.1, -0.05) is 253 Å². The lowest BCUT2D eigenvalue weighted by Gasteiger charge is -2.27. The van der Waals surface area contributed by atoms with Gasteiger partial charge in [0.05, 0.1) is 11.2 Å². The first-order valence-electron chi connectivity index (χ1n) is 30.6. The molecule has 0 amide bonds. The van der Waals surface area contributed by atoms with E-state index in [0.29, 0.717) is 5.92 Å². The van der Waals surface area contributed by atoms with Crippen LogP contribution >= 0.6 is 0 Å². The monoisotopic (exact) mass is 1070 g/mol. The molecule has 408 valence electrons. The van der Waals surface area contributed by atoms with Crippen LogP contribution in [0.3, 0.4) is 0 Å². The highest BCUT2D eigenvalue weighted by Gasteiger charge is 2.38. The van der Waals surface area contributed by atoms with Gasteiger partial charge in [0.15, 0.2) is 0 Å². The average Bonchev–Trinajstić information content (AvgIpc) is 3.96. The van der Waals surface area contributed by atoms with Gasteiger partial charge >= 0.3 is 0 Å². The summed E-state index contributed by atoms with van der Waals surface area (Å²) < 4.78 is 2.61. The summed E-state index contributed by atoms with van der Waals surface area (Å²) in [5.74, 6) is 0.996. The van der Waals surface area contributed by atoms with Crippen molar-refractivity contribution in [2.24, 2.45) is 16.8 Å². The van der Waals surface area contributed by atoms with Crippen molar-refractivity contribution in [3.8, 4) is 39.1 Å².